The van der Waals surface area contributed by atoms with Crippen molar-refractivity contribution in [1.82, 2.24) is 25.0 Å². The molecule has 5 nitrogen and oxygen atoms in total. The van der Waals surface area contributed by atoms with Crippen LogP contribution in [0, 0.1) is 18.6 Å². The lowest BCUT2D eigenvalue weighted by Gasteiger charge is -2.34. The number of halogens is 2. The Kier molecular flexibility index (Phi) is 6.20. The Morgan fingerprint density at radius 3 is 2.67 bits per heavy atom. The molecule has 1 aliphatic rings. The predicted octanol–water partition coefficient (Wildman–Crippen LogP) is 4.17. The minimum atomic E-state index is -0.616. The van der Waals surface area contributed by atoms with Crippen LogP contribution in [-0.4, -0.2) is 38.8 Å². The average molecular weight is 412 g/mol. The average Bonchev–Trinajstić information content (AvgIpc) is 3.11. The summed E-state index contributed by atoms with van der Waals surface area (Å²) in [5.74, 6) is -1.21. The molecule has 3 aromatic rings. The Morgan fingerprint density at radius 1 is 1.17 bits per heavy atom. The van der Waals surface area contributed by atoms with Gasteiger partial charge in [-0.15, -0.1) is 0 Å². The Morgan fingerprint density at radius 2 is 1.97 bits per heavy atom. The summed E-state index contributed by atoms with van der Waals surface area (Å²) in [6.07, 6.45) is 7.65. The lowest BCUT2D eigenvalue weighted by Crippen LogP contribution is -2.43. The van der Waals surface area contributed by atoms with Crippen LogP contribution in [0.4, 0.5) is 8.78 Å². The van der Waals surface area contributed by atoms with Gasteiger partial charge in [-0.25, -0.2) is 13.5 Å². The molecule has 0 amide bonds. The van der Waals surface area contributed by atoms with Crippen LogP contribution in [-0.2, 0) is 6.54 Å². The van der Waals surface area contributed by atoms with Crippen LogP contribution in [0.1, 0.15) is 42.6 Å². The van der Waals surface area contributed by atoms with Crippen molar-refractivity contribution >= 4 is 0 Å². The molecule has 0 aliphatic carbocycles. The van der Waals surface area contributed by atoms with Gasteiger partial charge < -0.3 is 5.32 Å². The zero-order valence-corrected chi connectivity index (χ0v) is 17.4. The van der Waals surface area contributed by atoms with E-state index in [1.54, 1.807) is 17.1 Å². The summed E-state index contributed by atoms with van der Waals surface area (Å²) in [6, 6.07) is 8.17. The number of rotatable bonds is 6. The van der Waals surface area contributed by atoms with Gasteiger partial charge in [0, 0.05) is 48.3 Å². The SMILES string of the molecule is Cc1c([C@H](C)NC2CCN(Cc3cccnc3)CC2)cnn1-c1ccc(F)cc1F. The van der Waals surface area contributed by atoms with Crippen LogP contribution in [0.3, 0.4) is 0 Å². The van der Waals surface area contributed by atoms with Gasteiger partial charge in [-0.1, -0.05) is 6.07 Å². The van der Waals surface area contributed by atoms with Crippen molar-refractivity contribution in [2.45, 2.75) is 45.3 Å². The number of hydrogen-bond acceptors (Lipinski definition) is 4. The van der Waals surface area contributed by atoms with Gasteiger partial charge in [-0.3, -0.25) is 9.88 Å². The molecule has 1 saturated heterocycles. The smallest absolute Gasteiger partial charge is 0.151 e. The molecule has 1 aliphatic heterocycles. The van der Waals surface area contributed by atoms with Crippen molar-refractivity contribution in [1.29, 1.82) is 0 Å². The fraction of sp³-hybridized carbons (Fsp3) is 0.391. The van der Waals surface area contributed by atoms with E-state index in [2.05, 4.69) is 33.3 Å². The molecule has 1 aromatic carbocycles. The van der Waals surface area contributed by atoms with E-state index < -0.39 is 11.6 Å². The molecule has 30 heavy (non-hydrogen) atoms. The number of piperidine rings is 1. The van der Waals surface area contributed by atoms with Crippen molar-refractivity contribution in [2.24, 2.45) is 0 Å². The van der Waals surface area contributed by atoms with Crippen LogP contribution in [0.25, 0.3) is 5.69 Å². The van der Waals surface area contributed by atoms with Crippen molar-refractivity contribution in [3.8, 4) is 5.69 Å². The third-order valence-corrected chi connectivity index (χ3v) is 5.85. The molecule has 1 atom stereocenters. The minimum Gasteiger partial charge on any atom is -0.307 e. The summed E-state index contributed by atoms with van der Waals surface area (Å²) in [7, 11) is 0. The number of nitrogens with one attached hydrogen (secondary N) is 1. The molecule has 1 fully saturated rings. The fourth-order valence-electron chi connectivity index (χ4n) is 4.19. The molecule has 158 valence electrons. The Hall–Kier alpha value is -2.64. The standard InChI is InChI=1S/C23H27F2N5/c1-16(21-14-27-30(17(21)2)23-6-5-19(24)12-22(23)25)28-20-7-10-29(11-8-20)15-18-4-3-9-26-13-18/h3-6,9,12-14,16,20,28H,7-8,10-11,15H2,1-2H3/t16-/m0/s1. The van der Waals surface area contributed by atoms with E-state index in [1.807, 2.05) is 19.2 Å². The van der Waals surface area contributed by atoms with Crippen molar-refractivity contribution in [2.75, 3.05) is 13.1 Å². The first-order chi connectivity index (χ1) is 14.5. The molecule has 7 heteroatoms. The summed E-state index contributed by atoms with van der Waals surface area (Å²) < 4.78 is 28.9. The molecular weight excluding hydrogens is 384 g/mol. The normalized spacial score (nSPS) is 16.7. The number of pyridine rings is 1. The fourth-order valence-corrected chi connectivity index (χ4v) is 4.19. The number of nitrogens with zero attached hydrogens (tertiary/aromatic N) is 4. The maximum atomic E-state index is 14.2. The summed E-state index contributed by atoms with van der Waals surface area (Å²) >= 11 is 0. The molecule has 0 unspecified atom stereocenters. The highest BCUT2D eigenvalue weighted by Gasteiger charge is 2.23. The predicted molar refractivity (Wildman–Crippen MR) is 112 cm³/mol. The zero-order chi connectivity index (χ0) is 21.1. The molecule has 0 spiro atoms. The van der Waals surface area contributed by atoms with Gasteiger partial charge in [0.1, 0.15) is 11.5 Å². The molecule has 0 bridgehead atoms. The second-order valence-corrected chi connectivity index (χ2v) is 7.99. The van der Waals surface area contributed by atoms with Crippen LogP contribution in [0.5, 0.6) is 0 Å². The molecule has 0 radical (unpaired) electrons. The number of benzene rings is 1. The van der Waals surface area contributed by atoms with E-state index in [0.717, 1.165) is 49.8 Å². The van der Waals surface area contributed by atoms with E-state index in [1.165, 1.54) is 17.7 Å². The Bertz CT molecular complexity index is 981. The summed E-state index contributed by atoms with van der Waals surface area (Å²) in [6.45, 7) is 7.04. The second kappa shape index (κ2) is 9.02. The van der Waals surface area contributed by atoms with Gasteiger partial charge >= 0.3 is 0 Å². The maximum absolute atomic E-state index is 14.2. The summed E-state index contributed by atoms with van der Waals surface area (Å²) in [4.78, 5) is 6.65. The highest BCUT2D eigenvalue weighted by Crippen LogP contribution is 2.24. The van der Waals surface area contributed by atoms with Crippen LogP contribution < -0.4 is 5.32 Å². The summed E-state index contributed by atoms with van der Waals surface area (Å²) in [5, 5.41) is 8.05. The first kappa shape index (κ1) is 20.6. The minimum absolute atomic E-state index is 0.0946. The van der Waals surface area contributed by atoms with Crippen molar-refractivity contribution in [3.63, 3.8) is 0 Å². The topological polar surface area (TPSA) is 46.0 Å². The third-order valence-electron chi connectivity index (χ3n) is 5.85. The first-order valence-corrected chi connectivity index (χ1v) is 10.4. The van der Waals surface area contributed by atoms with E-state index in [-0.39, 0.29) is 11.7 Å². The van der Waals surface area contributed by atoms with Crippen LogP contribution in [0.15, 0.2) is 48.9 Å². The lowest BCUT2D eigenvalue weighted by atomic mass is 10.0. The lowest BCUT2D eigenvalue weighted by molar-refractivity contribution is 0.185. The van der Waals surface area contributed by atoms with Gasteiger partial charge in [-0.05, 0) is 63.5 Å². The quantitative estimate of drug-likeness (QED) is 0.661. The monoisotopic (exact) mass is 411 g/mol. The van der Waals surface area contributed by atoms with Crippen molar-refractivity contribution < 1.29 is 8.78 Å². The van der Waals surface area contributed by atoms with E-state index in [4.69, 9.17) is 0 Å². The molecule has 4 rings (SSSR count). The maximum Gasteiger partial charge on any atom is 0.151 e. The number of aromatic nitrogens is 3. The number of hydrogen-bond donors (Lipinski definition) is 1. The molecule has 3 heterocycles. The van der Waals surface area contributed by atoms with E-state index >= 15 is 0 Å². The van der Waals surface area contributed by atoms with Gasteiger partial charge in [0.25, 0.3) is 0 Å². The zero-order valence-electron chi connectivity index (χ0n) is 17.4. The van der Waals surface area contributed by atoms with Crippen molar-refractivity contribution in [3.05, 3.63) is 77.4 Å². The molecular formula is C23H27F2N5. The third kappa shape index (κ3) is 4.57. The molecule has 1 N–H and O–H groups in total. The van der Waals surface area contributed by atoms with Gasteiger partial charge in [0.05, 0.1) is 6.20 Å². The first-order valence-electron chi connectivity index (χ1n) is 10.4. The van der Waals surface area contributed by atoms with Gasteiger partial charge in [0.15, 0.2) is 5.82 Å². The van der Waals surface area contributed by atoms with Gasteiger partial charge in [0.2, 0.25) is 0 Å². The summed E-state index contributed by atoms with van der Waals surface area (Å²) in [5.41, 5.74) is 3.38. The van der Waals surface area contributed by atoms with E-state index in [9.17, 15) is 8.78 Å². The van der Waals surface area contributed by atoms with Crippen LogP contribution in [0.2, 0.25) is 0 Å². The van der Waals surface area contributed by atoms with Gasteiger partial charge in [-0.2, -0.15) is 5.10 Å². The Balaban J connectivity index is 1.36. The highest BCUT2D eigenvalue weighted by atomic mass is 19.1. The van der Waals surface area contributed by atoms with Crippen LogP contribution >= 0.6 is 0 Å². The largest absolute Gasteiger partial charge is 0.307 e. The molecule has 0 saturated carbocycles. The Labute approximate surface area is 175 Å². The molecule has 2 aromatic heterocycles. The highest BCUT2D eigenvalue weighted by molar-refractivity contribution is 5.37. The number of likely N-dealkylation sites (tertiary alicyclic amines) is 1. The second-order valence-electron chi connectivity index (χ2n) is 7.99. The van der Waals surface area contributed by atoms with E-state index in [0.29, 0.717) is 6.04 Å².